The number of aliphatic carboxylic acids is 1. The van der Waals surface area contributed by atoms with Gasteiger partial charge < -0.3 is 15.3 Å². The summed E-state index contributed by atoms with van der Waals surface area (Å²) >= 11 is 3.39. The first-order chi connectivity index (χ1) is 9.49. The van der Waals surface area contributed by atoms with Crippen molar-refractivity contribution in [1.29, 1.82) is 0 Å². The number of carbonyl (C=O) groups is 2. The van der Waals surface area contributed by atoms with Crippen LogP contribution in [-0.2, 0) is 4.79 Å². The van der Waals surface area contributed by atoms with Gasteiger partial charge >= 0.3 is 12.0 Å². The van der Waals surface area contributed by atoms with E-state index in [1.807, 2.05) is 19.1 Å². The van der Waals surface area contributed by atoms with Crippen LogP contribution in [0.4, 0.5) is 10.5 Å². The molecular formula is C14H17BrN2O3. The molecule has 5 nitrogen and oxygen atoms in total. The van der Waals surface area contributed by atoms with E-state index >= 15 is 0 Å². The minimum Gasteiger partial charge on any atom is -0.480 e. The van der Waals surface area contributed by atoms with E-state index in [1.165, 1.54) is 4.90 Å². The van der Waals surface area contributed by atoms with Crippen LogP contribution >= 0.6 is 15.9 Å². The molecule has 1 aromatic rings. The maximum absolute atomic E-state index is 12.3. The lowest BCUT2D eigenvalue weighted by atomic mass is 10.0. The van der Waals surface area contributed by atoms with E-state index in [9.17, 15) is 14.7 Å². The molecule has 0 bridgehead atoms. The summed E-state index contributed by atoms with van der Waals surface area (Å²) in [6.07, 6.45) is 2.19. The van der Waals surface area contributed by atoms with Gasteiger partial charge in [0.1, 0.15) is 6.04 Å². The molecule has 6 heteroatoms. The standard InChI is InChI=1S/C14H17BrN2O3/c1-9-5-6-11(10(15)8-9)16-14(20)17-7-3-2-4-12(17)13(18)19/h5-6,8,12H,2-4,7H2,1H3,(H,16,20)(H,18,19). The number of aryl methyl sites for hydroxylation is 1. The van der Waals surface area contributed by atoms with Gasteiger partial charge in [-0.2, -0.15) is 0 Å². The molecule has 0 saturated carbocycles. The summed E-state index contributed by atoms with van der Waals surface area (Å²) in [5.74, 6) is -0.942. The van der Waals surface area contributed by atoms with Gasteiger partial charge in [0.2, 0.25) is 0 Å². The zero-order valence-corrected chi connectivity index (χ0v) is 12.8. The Bertz CT molecular complexity index is 533. The molecule has 20 heavy (non-hydrogen) atoms. The maximum Gasteiger partial charge on any atom is 0.326 e. The van der Waals surface area contributed by atoms with E-state index in [0.29, 0.717) is 18.7 Å². The highest BCUT2D eigenvalue weighted by Crippen LogP contribution is 2.25. The number of urea groups is 1. The summed E-state index contributed by atoms with van der Waals surface area (Å²) < 4.78 is 0.787. The topological polar surface area (TPSA) is 69.6 Å². The number of hydrogen-bond acceptors (Lipinski definition) is 2. The number of piperidine rings is 1. The van der Waals surface area contributed by atoms with Gasteiger partial charge in [-0.3, -0.25) is 0 Å². The average molecular weight is 341 g/mol. The SMILES string of the molecule is Cc1ccc(NC(=O)N2CCCCC2C(=O)O)c(Br)c1. The van der Waals surface area contributed by atoms with Crippen LogP contribution in [0, 0.1) is 6.92 Å². The first kappa shape index (κ1) is 14.8. The summed E-state index contributed by atoms with van der Waals surface area (Å²) in [4.78, 5) is 24.9. The molecule has 1 aliphatic heterocycles. The van der Waals surface area contributed by atoms with Gasteiger partial charge in [0.15, 0.2) is 0 Å². The van der Waals surface area contributed by atoms with Crippen LogP contribution in [0.5, 0.6) is 0 Å². The molecule has 0 aromatic heterocycles. The lowest BCUT2D eigenvalue weighted by Crippen LogP contribution is -2.49. The Labute approximate surface area is 126 Å². The second kappa shape index (κ2) is 6.26. The normalized spacial score (nSPS) is 18.7. The number of likely N-dealkylation sites (tertiary alicyclic amines) is 1. The van der Waals surface area contributed by atoms with Crippen LogP contribution in [0.25, 0.3) is 0 Å². The smallest absolute Gasteiger partial charge is 0.326 e. The van der Waals surface area contributed by atoms with E-state index < -0.39 is 12.0 Å². The molecule has 0 radical (unpaired) electrons. The number of nitrogens with zero attached hydrogens (tertiary/aromatic N) is 1. The summed E-state index contributed by atoms with van der Waals surface area (Å²) in [7, 11) is 0. The van der Waals surface area contributed by atoms with Gasteiger partial charge in [-0.1, -0.05) is 6.07 Å². The van der Waals surface area contributed by atoms with Gasteiger partial charge in [-0.05, 0) is 59.8 Å². The van der Waals surface area contributed by atoms with Crippen LogP contribution in [0.2, 0.25) is 0 Å². The molecule has 1 fully saturated rings. The molecule has 1 aliphatic rings. The monoisotopic (exact) mass is 340 g/mol. The van der Waals surface area contributed by atoms with Gasteiger partial charge in [0.05, 0.1) is 5.69 Å². The minimum atomic E-state index is -0.942. The number of carboxylic acids is 1. The first-order valence-corrected chi connectivity index (χ1v) is 7.35. The van der Waals surface area contributed by atoms with Gasteiger partial charge in [0.25, 0.3) is 0 Å². The fraction of sp³-hybridized carbons (Fsp3) is 0.429. The van der Waals surface area contributed by atoms with Crippen LogP contribution in [0.1, 0.15) is 24.8 Å². The molecular weight excluding hydrogens is 324 g/mol. The number of benzene rings is 1. The van der Waals surface area contributed by atoms with E-state index in [1.54, 1.807) is 6.07 Å². The third kappa shape index (κ3) is 3.30. The van der Waals surface area contributed by atoms with E-state index in [2.05, 4.69) is 21.2 Å². The second-order valence-electron chi connectivity index (χ2n) is 4.96. The number of hydrogen-bond donors (Lipinski definition) is 2. The Hall–Kier alpha value is -1.56. The summed E-state index contributed by atoms with van der Waals surface area (Å²) in [6, 6.07) is 4.51. The third-order valence-corrected chi connectivity index (χ3v) is 4.07. The van der Waals surface area contributed by atoms with Crippen molar-refractivity contribution in [2.24, 2.45) is 0 Å². The summed E-state index contributed by atoms with van der Waals surface area (Å²) in [5, 5.41) is 12.0. The Morgan fingerprint density at radius 1 is 1.40 bits per heavy atom. The van der Waals surface area contributed by atoms with Crippen molar-refractivity contribution in [3.8, 4) is 0 Å². The van der Waals surface area contributed by atoms with Crippen molar-refractivity contribution in [3.05, 3.63) is 28.2 Å². The van der Waals surface area contributed by atoms with Crippen LogP contribution in [-0.4, -0.2) is 34.6 Å². The predicted molar refractivity (Wildman–Crippen MR) is 79.9 cm³/mol. The molecule has 1 unspecified atom stereocenters. The average Bonchev–Trinajstić information content (AvgIpc) is 2.41. The Morgan fingerprint density at radius 2 is 2.15 bits per heavy atom. The number of halogens is 1. The lowest BCUT2D eigenvalue weighted by Gasteiger charge is -2.33. The molecule has 0 spiro atoms. The van der Waals surface area contributed by atoms with Crippen molar-refractivity contribution in [3.63, 3.8) is 0 Å². The molecule has 2 rings (SSSR count). The number of carbonyl (C=O) groups excluding carboxylic acids is 1. The Balaban J connectivity index is 2.12. The number of amides is 2. The summed E-state index contributed by atoms with van der Waals surface area (Å²) in [6.45, 7) is 2.44. The number of nitrogens with one attached hydrogen (secondary N) is 1. The highest BCUT2D eigenvalue weighted by molar-refractivity contribution is 9.10. The third-order valence-electron chi connectivity index (χ3n) is 3.41. The molecule has 2 N–H and O–H groups in total. The van der Waals surface area contributed by atoms with Crippen molar-refractivity contribution >= 4 is 33.6 Å². The first-order valence-electron chi connectivity index (χ1n) is 6.55. The number of carboxylic acid groups (broad SMARTS) is 1. The van der Waals surface area contributed by atoms with Crippen LogP contribution in [0.15, 0.2) is 22.7 Å². The largest absolute Gasteiger partial charge is 0.480 e. The van der Waals surface area contributed by atoms with Gasteiger partial charge in [-0.15, -0.1) is 0 Å². The molecule has 1 saturated heterocycles. The zero-order valence-electron chi connectivity index (χ0n) is 11.2. The summed E-state index contributed by atoms with van der Waals surface area (Å²) in [5.41, 5.74) is 1.73. The van der Waals surface area contributed by atoms with E-state index in [0.717, 1.165) is 22.9 Å². The van der Waals surface area contributed by atoms with Crippen LogP contribution < -0.4 is 5.32 Å². The fourth-order valence-corrected chi connectivity index (χ4v) is 2.93. The van der Waals surface area contributed by atoms with Crippen molar-refractivity contribution < 1.29 is 14.7 Å². The number of anilines is 1. The van der Waals surface area contributed by atoms with E-state index in [-0.39, 0.29) is 6.03 Å². The second-order valence-corrected chi connectivity index (χ2v) is 5.81. The van der Waals surface area contributed by atoms with Crippen molar-refractivity contribution in [1.82, 2.24) is 4.90 Å². The van der Waals surface area contributed by atoms with Crippen molar-refractivity contribution in [2.75, 3.05) is 11.9 Å². The molecule has 0 aliphatic carbocycles. The number of rotatable bonds is 2. The molecule has 108 valence electrons. The van der Waals surface area contributed by atoms with Crippen molar-refractivity contribution in [2.45, 2.75) is 32.2 Å². The van der Waals surface area contributed by atoms with Gasteiger partial charge in [-0.25, -0.2) is 9.59 Å². The zero-order chi connectivity index (χ0) is 14.7. The molecule has 1 heterocycles. The quantitative estimate of drug-likeness (QED) is 0.868. The lowest BCUT2D eigenvalue weighted by molar-refractivity contribution is -0.143. The van der Waals surface area contributed by atoms with E-state index in [4.69, 9.17) is 0 Å². The van der Waals surface area contributed by atoms with Gasteiger partial charge in [0, 0.05) is 11.0 Å². The molecule has 1 aromatic carbocycles. The maximum atomic E-state index is 12.3. The Kier molecular flexibility index (Phi) is 4.65. The minimum absolute atomic E-state index is 0.360. The Morgan fingerprint density at radius 3 is 2.80 bits per heavy atom. The molecule has 2 amide bonds. The highest BCUT2D eigenvalue weighted by atomic mass is 79.9. The fourth-order valence-electron chi connectivity index (χ4n) is 2.34. The predicted octanol–water partition coefficient (Wildman–Crippen LogP) is 3.23. The highest BCUT2D eigenvalue weighted by Gasteiger charge is 2.32. The molecule has 1 atom stereocenters. The van der Waals surface area contributed by atoms with Crippen LogP contribution in [0.3, 0.4) is 0 Å².